The van der Waals surface area contributed by atoms with Crippen molar-refractivity contribution >= 4 is 11.8 Å². The molecule has 8 heteroatoms. The Labute approximate surface area is 201 Å². The number of hydrogen-bond donors (Lipinski definition) is 1. The van der Waals surface area contributed by atoms with Gasteiger partial charge in [-0.05, 0) is 51.2 Å². The molecular weight excluding hydrogens is 438 g/mol. The zero-order chi connectivity index (χ0) is 24.6. The third-order valence-corrected chi connectivity index (χ3v) is 8.04. The van der Waals surface area contributed by atoms with Crippen LogP contribution in [0.2, 0.25) is 0 Å². The molecule has 4 rings (SSSR count). The maximum Gasteiger partial charge on any atom is 0.239 e. The third kappa shape index (κ3) is 5.13. The highest BCUT2D eigenvalue weighted by molar-refractivity contribution is 5.83. The number of benzene rings is 1. The number of carbonyl (C=O) groups is 2. The number of piperazine rings is 1. The first-order chi connectivity index (χ1) is 16.1. The molecule has 0 spiro atoms. The van der Waals surface area contributed by atoms with Crippen LogP contribution in [0.25, 0.3) is 0 Å². The van der Waals surface area contributed by atoms with Crippen molar-refractivity contribution in [3.8, 4) is 0 Å². The summed E-state index contributed by atoms with van der Waals surface area (Å²) in [6, 6.07) is 3.18. The Balaban J connectivity index is 1.44. The molecule has 3 aliphatic rings. The van der Waals surface area contributed by atoms with E-state index in [-0.39, 0.29) is 29.2 Å². The largest absolute Gasteiger partial charge is 0.339 e. The van der Waals surface area contributed by atoms with E-state index < -0.39 is 23.6 Å². The summed E-state index contributed by atoms with van der Waals surface area (Å²) in [5, 5.41) is 0. The van der Waals surface area contributed by atoms with Crippen LogP contribution in [0.15, 0.2) is 18.2 Å². The molecule has 188 valence electrons. The molecule has 3 fully saturated rings. The van der Waals surface area contributed by atoms with Crippen molar-refractivity contribution in [1.82, 2.24) is 14.7 Å². The standard InChI is InChI=1S/C26H38F2N4O2/c1-26(2,3)32-15-20(19-9-8-18(27)14-22(19)28)21(16-32)24(33)30-10-12-31(13-11-30)25(34)23(29)17-6-4-5-7-17/h8-9,14,17,20-21,23H,4-7,10-13,15-16,29H2,1-3H3/t20-,21+,23-/m0/s1. The third-order valence-electron chi connectivity index (χ3n) is 8.04. The van der Waals surface area contributed by atoms with Gasteiger partial charge in [0.15, 0.2) is 0 Å². The Morgan fingerprint density at radius 2 is 1.62 bits per heavy atom. The van der Waals surface area contributed by atoms with Crippen LogP contribution in [0.5, 0.6) is 0 Å². The van der Waals surface area contributed by atoms with E-state index in [0.717, 1.165) is 31.7 Å². The molecule has 34 heavy (non-hydrogen) atoms. The molecule has 1 aromatic rings. The second-order valence-corrected chi connectivity index (χ2v) is 11.2. The van der Waals surface area contributed by atoms with Crippen LogP contribution >= 0.6 is 0 Å². The van der Waals surface area contributed by atoms with Crippen molar-refractivity contribution in [1.29, 1.82) is 0 Å². The van der Waals surface area contributed by atoms with Gasteiger partial charge in [0.1, 0.15) is 11.6 Å². The van der Waals surface area contributed by atoms with Crippen LogP contribution in [0.1, 0.15) is 57.9 Å². The first-order valence-corrected chi connectivity index (χ1v) is 12.6. The Hall–Kier alpha value is -2.06. The van der Waals surface area contributed by atoms with Crippen molar-refractivity contribution in [3.63, 3.8) is 0 Å². The van der Waals surface area contributed by atoms with Gasteiger partial charge in [0, 0.05) is 56.8 Å². The number of carbonyl (C=O) groups excluding carboxylic acids is 2. The predicted octanol–water partition coefficient (Wildman–Crippen LogP) is 2.97. The lowest BCUT2D eigenvalue weighted by Gasteiger charge is -2.38. The lowest BCUT2D eigenvalue weighted by atomic mass is 9.87. The highest BCUT2D eigenvalue weighted by Gasteiger charge is 2.45. The number of hydrogen-bond acceptors (Lipinski definition) is 4. The minimum absolute atomic E-state index is 0.00923. The molecular formula is C26H38F2N4O2. The zero-order valence-electron chi connectivity index (χ0n) is 20.6. The van der Waals surface area contributed by atoms with Gasteiger partial charge in [0.05, 0.1) is 12.0 Å². The molecule has 2 saturated heterocycles. The topological polar surface area (TPSA) is 69.9 Å². The average molecular weight is 477 g/mol. The number of likely N-dealkylation sites (tertiary alicyclic amines) is 1. The second-order valence-electron chi connectivity index (χ2n) is 11.2. The van der Waals surface area contributed by atoms with Crippen LogP contribution < -0.4 is 5.73 Å². The van der Waals surface area contributed by atoms with E-state index in [4.69, 9.17) is 5.73 Å². The Morgan fingerprint density at radius 3 is 2.21 bits per heavy atom. The fraction of sp³-hybridized carbons (Fsp3) is 0.692. The van der Waals surface area contributed by atoms with Gasteiger partial charge in [-0.15, -0.1) is 0 Å². The summed E-state index contributed by atoms with van der Waals surface area (Å²) in [6.45, 7) is 9.14. The van der Waals surface area contributed by atoms with Gasteiger partial charge in [-0.2, -0.15) is 0 Å². The molecule has 1 aliphatic carbocycles. The quantitative estimate of drug-likeness (QED) is 0.726. The van der Waals surface area contributed by atoms with Crippen LogP contribution in [-0.4, -0.2) is 77.4 Å². The number of nitrogens with zero attached hydrogens (tertiary/aromatic N) is 3. The van der Waals surface area contributed by atoms with Crippen molar-refractivity contribution in [2.75, 3.05) is 39.3 Å². The van der Waals surface area contributed by atoms with Gasteiger partial charge in [0.2, 0.25) is 11.8 Å². The summed E-state index contributed by atoms with van der Waals surface area (Å²) >= 11 is 0. The van der Waals surface area contributed by atoms with Crippen LogP contribution in [0.4, 0.5) is 8.78 Å². The van der Waals surface area contributed by atoms with Crippen molar-refractivity contribution in [3.05, 3.63) is 35.4 Å². The molecule has 1 saturated carbocycles. The molecule has 2 N–H and O–H groups in total. The molecule has 0 bridgehead atoms. The normalized spacial score (nSPS) is 25.7. The second kappa shape index (κ2) is 9.90. The number of halogens is 2. The van der Waals surface area contributed by atoms with E-state index in [0.29, 0.717) is 44.8 Å². The van der Waals surface area contributed by atoms with Crippen molar-refractivity contribution in [2.45, 2.75) is 64.0 Å². The minimum atomic E-state index is -0.619. The number of amides is 2. The number of nitrogens with two attached hydrogens (primary N) is 1. The fourth-order valence-corrected chi connectivity index (χ4v) is 5.83. The Morgan fingerprint density at radius 1 is 1.00 bits per heavy atom. The average Bonchev–Trinajstić information content (AvgIpc) is 3.48. The minimum Gasteiger partial charge on any atom is -0.339 e. The summed E-state index contributed by atoms with van der Waals surface area (Å²) in [5.41, 5.74) is 6.49. The van der Waals surface area contributed by atoms with Gasteiger partial charge in [0.25, 0.3) is 0 Å². The summed E-state index contributed by atoms with van der Waals surface area (Å²) in [6.07, 6.45) is 4.30. The first kappa shape index (κ1) is 25.0. The number of rotatable bonds is 4. The molecule has 0 aromatic heterocycles. The zero-order valence-corrected chi connectivity index (χ0v) is 20.6. The summed E-state index contributed by atoms with van der Waals surface area (Å²) in [7, 11) is 0. The van der Waals surface area contributed by atoms with E-state index in [1.807, 2.05) is 0 Å². The highest BCUT2D eigenvalue weighted by atomic mass is 19.1. The SMILES string of the molecule is CC(C)(C)N1C[C@@H](C(=O)N2CCN(C(=O)[C@@H](N)C3CCCC3)CC2)[C@H](c2ccc(F)cc2F)C1. The van der Waals surface area contributed by atoms with Gasteiger partial charge in [-0.1, -0.05) is 18.9 Å². The van der Waals surface area contributed by atoms with Gasteiger partial charge < -0.3 is 15.5 Å². The highest BCUT2D eigenvalue weighted by Crippen LogP contribution is 2.38. The molecule has 3 atom stereocenters. The lowest BCUT2D eigenvalue weighted by Crippen LogP contribution is -2.56. The molecule has 1 aromatic carbocycles. The smallest absolute Gasteiger partial charge is 0.239 e. The monoisotopic (exact) mass is 476 g/mol. The summed E-state index contributed by atoms with van der Waals surface area (Å²) in [5.74, 6) is -1.75. The Kier molecular flexibility index (Phi) is 7.29. The summed E-state index contributed by atoms with van der Waals surface area (Å²) < 4.78 is 28.2. The predicted molar refractivity (Wildman–Crippen MR) is 127 cm³/mol. The molecule has 2 amide bonds. The van der Waals surface area contributed by atoms with Crippen molar-refractivity contribution in [2.24, 2.45) is 17.6 Å². The van der Waals surface area contributed by atoms with E-state index in [9.17, 15) is 18.4 Å². The summed E-state index contributed by atoms with van der Waals surface area (Å²) in [4.78, 5) is 32.3. The van der Waals surface area contributed by atoms with Gasteiger partial charge in [-0.25, -0.2) is 8.78 Å². The van der Waals surface area contributed by atoms with E-state index in [2.05, 4.69) is 25.7 Å². The van der Waals surface area contributed by atoms with Crippen LogP contribution in [0.3, 0.4) is 0 Å². The van der Waals surface area contributed by atoms with E-state index in [1.165, 1.54) is 12.1 Å². The molecule has 0 radical (unpaired) electrons. The van der Waals surface area contributed by atoms with Crippen LogP contribution in [0, 0.1) is 23.5 Å². The lowest BCUT2D eigenvalue weighted by molar-refractivity contribution is -0.143. The fourth-order valence-electron chi connectivity index (χ4n) is 5.83. The van der Waals surface area contributed by atoms with Gasteiger partial charge >= 0.3 is 0 Å². The van der Waals surface area contributed by atoms with E-state index in [1.54, 1.807) is 9.80 Å². The molecule has 2 heterocycles. The Bertz CT molecular complexity index is 905. The van der Waals surface area contributed by atoms with Crippen molar-refractivity contribution < 1.29 is 18.4 Å². The molecule has 6 nitrogen and oxygen atoms in total. The molecule has 0 unspecified atom stereocenters. The van der Waals surface area contributed by atoms with E-state index >= 15 is 0 Å². The maximum atomic E-state index is 14.7. The molecule has 2 aliphatic heterocycles. The maximum absolute atomic E-state index is 14.7. The first-order valence-electron chi connectivity index (χ1n) is 12.6. The van der Waals surface area contributed by atoms with Gasteiger partial charge in [-0.3, -0.25) is 14.5 Å². The van der Waals surface area contributed by atoms with Crippen LogP contribution in [-0.2, 0) is 9.59 Å².